The van der Waals surface area contributed by atoms with Crippen molar-refractivity contribution in [3.8, 4) is 0 Å². The molecule has 0 aromatic carbocycles. The Morgan fingerprint density at radius 2 is 1.70 bits per heavy atom. The third-order valence-corrected chi connectivity index (χ3v) is 7.67. The van der Waals surface area contributed by atoms with Crippen molar-refractivity contribution in [1.29, 1.82) is 0 Å². The van der Waals surface area contributed by atoms with Gasteiger partial charge in [0.05, 0.1) is 17.7 Å². The van der Waals surface area contributed by atoms with Gasteiger partial charge in [-0.1, -0.05) is 6.42 Å². The minimum atomic E-state index is -1.59. The molecule has 0 aromatic rings. The standard InChI is InChI=1S/C20H32BNO8/c1-13(23)28-14-12-22(16(26)27)20(15(24)25)10-6-8-19(14,20)9-7-11-21-29-17(2,3)18(4,5)30-21/h14H,6-12H2,1-5H3,(H,24,25)(H,26,27)/t14?,19-,20-/m1/s1. The molecular weight excluding hydrogens is 393 g/mol. The van der Waals surface area contributed by atoms with Gasteiger partial charge in [-0.15, -0.1) is 0 Å². The number of carbonyl (C=O) groups excluding carboxylic acids is 1. The van der Waals surface area contributed by atoms with Crippen LogP contribution in [0.4, 0.5) is 4.79 Å². The summed E-state index contributed by atoms with van der Waals surface area (Å²) in [6.45, 7) is 9.01. The molecule has 2 N–H and O–H groups in total. The van der Waals surface area contributed by atoms with E-state index in [9.17, 15) is 24.6 Å². The van der Waals surface area contributed by atoms with Gasteiger partial charge in [-0.3, -0.25) is 9.69 Å². The average Bonchev–Trinajstić information content (AvgIpc) is 3.15. The van der Waals surface area contributed by atoms with Gasteiger partial charge in [0.2, 0.25) is 0 Å². The molecule has 1 saturated carbocycles. The van der Waals surface area contributed by atoms with Crippen LogP contribution in [0.2, 0.25) is 6.32 Å². The van der Waals surface area contributed by atoms with Crippen LogP contribution in [-0.2, 0) is 23.6 Å². The van der Waals surface area contributed by atoms with E-state index in [4.69, 9.17) is 14.0 Å². The second kappa shape index (κ2) is 7.41. The Balaban J connectivity index is 1.84. The van der Waals surface area contributed by atoms with Gasteiger partial charge < -0.3 is 24.3 Å². The zero-order valence-corrected chi connectivity index (χ0v) is 18.4. The van der Waals surface area contributed by atoms with Crippen molar-refractivity contribution in [3.63, 3.8) is 0 Å². The molecule has 1 amide bonds. The number of nitrogens with zero attached hydrogens (tertiary/aromatic N) is 1. The predicted octanol–water partition coefficient (Wildman–Crippen LogP) is 2.78. The summed E-state index contributed by atoms with van der Waals surface area (Å²) in [5.41, 5.74) is -3.47. The first-order chi connectivity index (χ1) is 13.8. The molecular formula is C20H32BNO8. The fourth-order valence-corrected chi connectivity index (χ4v) is 5.63. The van der Waals surface area contributed by atoms with Crippen molar-refractivity contribution in [1.82, 2.24) is 4.90 Å². The third kappa shape index (κ3) is 3.28. The van der Waals surface area contributed by atoms with E-state index in [1.165, 1.54) is 6.92 Å². The zero-order valence-electron chi connectivity index (χ0n) is 18.4. The topological polar surface area (TPSA) is 123 Å². The van der Waals surface area contributed by atoms with Crippen molar-refractivity contribution in [2.24, 2.45) is 5.41 Å². The molecule has 0 spiro atoms. The van der Waals surface area contributed by atoms with E-state index in [1.54, 1.807) is 0 Å². The number of likely N-dealkylation sites (tertiary alicyclic amines) is 1. The van der Waals surface area contributed by atoms with Crippen LogP contribution in [0.25, 0.3) is 0 Å². The Labute approximate surface area is 177 Å². The lowest BCUT2D eigenvalue weighted by Gasteiger charge is -2.42. The molecule has 3 rings (SSSR count). The number of carboxylic acid groups (broad SMARTS) is 2. The summed E-state index contributed by atoms with van der Waals surface area (Å²) in [4.78, 5) is 37.1. The number of fused-ring (bicyclic) bond motifs is 1. The van der Waals surface area contributed by atoms with Gasteiger partial charge in [0.1, 0.15) is 6.10 Å². The van der Waals surface area contributed by atoms with E-state index in [-0.39, 0.29) is 13.0 Å². The van der Waals surface area contributed by atoms with E-state index in [0.29, 0.717) is 32.0 Å². The SMILES string of the molecule is CC(=O)OC1CN(C(=O)O)[C@@]2(C(=O)O)CCC[C@@]12CCCB1OC(C)(C)C(C)(C)O1. The summed E-state index contributed by atoms with van der Waals surface area (Å²) in [5, 5.41) is 19.9. The highest BCUT2D eigenvalue weighted by atomic mass is 16.7. The Morgan fingerprint density at radius 3 is 2.20 bits per heavy atom. The van der Waals surface area contributed by atoms with Gasteiger partial charge >= 0.3 is 25.2 Å². The molecule has 0 bridgehead atoms. The first-order valence-electron chi connectivity index (χ1n) is 10.6. The van der Waals surface area contributed by atoms with Crippen LogP contribution in [0, 0.1) is 5.41 Å². The van der Waals surface area contributed by atoms with Gasteiger partial charge in [-0.25, -0.2) is 9.59 Å². The van der Waals surface area contributed by atoms with E-state index in [2.05, 4.69) is 0 Å². The second-order valence-electron chi connectivity index (χ2n) is 9.74. The van der Waals surface area contributed by atoms with Crippen LogP contribution < -0.4 is 0 Å². The lowest BCUT2D eigenvalue weighted by atomic mass is 9.66. The van der Waals surface area contributed by atoms with Gasteiger partial charge in [-0.2, -0.15) is 0 Å². The number of hydrogen-bond acceptors (Lipinski definition) is 6. The van der Waals surface area contributed by atoms with Crippen molar-refractivity contribution in [3.05, 3.63) is 0 Å². The number of hydrogen-bond donors (Lipinski definition) is 2. The van der Waals surface area contributed by atoms with Crippen LogP contribution in [0.15, 0.2) is 0 Å². The minimum Gasteiger partial charge on any atom is -0.479 e. The molecule has 3 atom stereocenters. The summed E-state index contributed by atoms with van der Waals surface area (Å²) >= 11 is 0. The van der Waals surface area contributed by atoms with Crippen molar-refractivity contribution in [2.75, 3.05) is 6.54 Å². The summed E-state index contributed by atoms with van der Waals surface area (Å²) in [6.07, 6.45) is 0.691. The largest absolute Gasteiger partial charge is 0.479 e. The number of rotatable bonds is 6. The molecule has 2 heterocycles. The summed E-state index contributed by atoms with van der Waals surface area (Å²) in [6, 6.07) is 0. The lowest BCUT2D eigenvalue weighted by molar-refractivity contribution is -0.161. The van der Waals surface area contributed by atoms with Crippen LogP contribution in [-0.4, -0.2) is 69.7 Å². The Morgan fingerprint density at radius 1 is 1.10 bits per heavy atom. The summed E-state index contributed by atoms with van der Waals surface area (Å²) in [5.74, 6) is -1.71. The Kier molecular flexibility index (Phi) is 5.65. The maximum atomic E-state index is 12.5. The average molecular weight is 425 g/mol. The normalized spacial score (nSPS) is 34.1. The van der Waals surface area contributed by atoms with E-state index < -0.39 is 53.4 Å². The first-order valence-corrected chi connectivity index (χ1v) is 10.6. The molecule has 9 nitrogen and oxygen atoms in total. The van der Waals surface area contributed by atoms with Gasteiger partial charge in [-0.05, 0) is 59.7 Å². The maximum Gasteiger partial charge on any atom is 0.457 e. The zero-order chi connectivity index (χ0) is 22.5. The van der Waals surface area contributed by atoms with E-state index in [1.807, 2.05) is 27.7 Å². The molecule has 1 unspecified atom stereocenters. The van der Waals surface area contributed by atoms with Crippen LogP contribution in [0.1, 0.15) is 66.7 Å². The molecule has 0 aromatic heterocycles. The number of aliphatic carboxylic acids is 1. The molecule has 168 valence electrons. The highest BCUT2D eigenvalue weighted by molar-refractivity contribution is 6.45. The lowest BCUT2D eigenvalue weighted by Crippen LogP contribution is -2.59. The van der Waals surface area contributed by atoms with E-state index in [0.717, 1.165) is 4.90 Å². The van der Waals surface area contributed by atoms with Crippen LogP contribution >= 0.6 is 0 Å². The maximum absolute atomic E-state index is 12.5. The summed E-state index contributed by atoms with van der Waals surface area (Å²) in [7, 11) is -0.420. The molecule has 30 heavy (non-hydrogen) atoms. The molecule has 2 saturated heterocycles. The fraction of sp³-hybridized carbons (Fsp3) is 0.850. The monoisotopic (exact) mass is 425 g/mol. The van der Waals surface area contributed by atoms with Crippen molar-refractivity contribution < 1.29 is 38.6 Å². The fourth-order valence-electron chi connectivity index (χ4n) is 5.63. The quantitative estimate of drug-likeness (QED) is 0.492. The highest BCUT2D eigenvalue weighted by Crippen LogP contribution is 2.60. The van der Waals surface area contributed by atoms with Crippen LogP contribution in [0.5, 0.6) is 0 Å². The second-order valence-corrected chi connectivity index (χ2v) is 9.74. The molecule has 10 heteroatoms. The molecule has 0 radical (unpaired) electrons. The molecule has 3 aliphatic rings. The van der Waals surface area contributed by atoms with Crippen molar-refractivity contribution >= 4 is 25.2 Å². The van der Waals surface area contributed by atoms with E-state index >= 15 is 0 Å². The summed E-state index contributed by atoms with van der Waals surface area (Å²) < 4.78 is 17.6. The van der Waals surface area contributed by atoms with Gasteiger partial charge in [0, 0.05) is 12.3 Å². The van der Waals surface area contributed by atoms with Crippen molar-refractivity contribution in [2.45, 2.75) is 95.9 Å². The van der Waals surface area contributed by atoms with Gasteiger partial charge in [0.15, 0.2) is 5.54 Å². The predicted molar refractivity (Wildman–Crippen MR) is 107 cm³/mol. The first kappa shape index (κ1) is 22.9. The minimum absolute atomic E-state index is 0.127. The third-order valence-electron chi connectivity index (χ3n) is 7.67. The van der Waals surface area contributed by atoms with Gasteiger partial charge in [0.25, 0.3) is 0 Å². The van der Waals surface area contributed by atoms with Crippen LogP contribution in [0.3, 0.4) is 0 Å². The number of esters is 1. The number of carboxylic acids is 1. The number of ether oxygens (including phenoxy) is 1. The Bertz CT molecular complexity index is 724. The molecule has 1 aliphatic carbocycles. The smallest absolute Gasteiger partial charge is 0.457 e. The number of carbonyl (C=O) groups is 3. The highest BCUT2D eigenvalue weighted by Gasteiger charge is 2.72. The molecule has 2 aliphatic heterocycles. The number of amides is 1. The molecule has 3 fully saturated rings. The Hall–Kier alpha value is -1.81.